The number of unbranched alkanes of at least 4 members (excludes halogenated alkanes) is 2. The van der Waals surface area contributed by atoms with E-state index in [1.807, 2.05) is 24.3 Å². The van der Waals surface area contributed by atoms with Crippen molar-refractivity contribution >= 4 is 23.9 Å². The molecular formula is C26H36N2O2. The van der Waals surface area contributed by atoms with Crippen LogP contribution in [0.2, 0.25) is 0 Å². The van der Waals surface area contributed by atoms with Crippen molar-refractivity contribution in [3.63, 3.8) is 0 Å². The summed E-state index contributed by atoms with van der Waals surface area (Å²) in [6, 6.07) is 16.3. The highest BCUT2D eigenvalue weighted by molar-refractivity contribution is 5.76. The number of anilines is 2. The summed E-state index contributed by atoms with van der Waals surface area (Å²) in [6.07, 6.45) is 6.29. The van der Waals surface area contributed by atoms with Crippen LogP contribution in [0.5, 0.6) is 0 Å². The summed E-state index contributed by atoms with van der Waals surface area (Å²) < 4.78 is 0. The smallest absolute Gasteiger partial charge is 0.150 e. The van der Waals surface area contributed by atoms with Gasteiger partial charge in [0.25, 0.3) is 0 Å². The van der Waals surface area contributed by atoms with Crippen molar-refractivity contribution in [1.82, 2.24) is 0 Å². The Morgan fingerprint density at radius 3 is 1.27 bits per heavy atom. The summed E-state index contributed by atoms with van der Waals surface area (Å²) >= 11 is 0. The van der Waals surface area contributed by atoms with Crippen LogP contribution in [-0.2, 0) is 0 Å². The summed E-state index contributed by atoms with van der Waals surface area (Å²) in [4.78, 5) is 27.0. The molecule has 2 atom stereocenters. The van der Waals surface area contributed by atoms with Crippen molar-refractivity contribution in [2.75, 3.05) is 22.9 Å². The molecule has 0 fully saturated rings. The predicted octanol–water partition coefficient (Wildman–Crippen LogP) is 6.00. The van der Waals surface area contributed by atoms with Crippen molar-refractivity contribution < 1.29 is 9.59 Å². The van der Waals surface area contributed by atoms with Crippen molar-refractivity contribution in [2.45, 2.75) is 65.5 Å². The summed E-state index contributed by atoms with van der Waals surface area (Å²) in [6.45, 7) is 11.0. The molecule has 2 unspecified atom stereocenters. The molecule has 0 aliphatic heterocycles. The van der Waals surface area contributed by atoms with Crippen molar-refractivity contribution in [1.29, 1.82) is 0 Å². The average Bonchev–Trinajstić information content (AvgIpc) is 2.80. The van der Waals surface area contributed by atoms with E-state index < -0.39 is 0 Å². The highest BCUT2D eigenvalue weighted by atomic mass is 16.1. The lowest BCUT2D eigenvalue weighted by atomic mass is 10.0. The Bertz CT molecular complexity index is 703. The maximum absolute atomic E-state index is 11.1. The molecule has 30 heavy (non-hydrogen) atoms. The summed E-state index contributed by atoms with van der Waals surface area (Å²) in [5, 5.41) is 0. The Kier molecular flexibility index (Phi) is 9.59. The Labute approximate surface area is 181 Å². The monoisotopic (exact) mass is 408 g/mol. The van der Waals surface area contributed by atoms with Gasteiger partial charge in [-0.2, -0.15) is 0 Å². The second kappa shape index (κ2) is 12.2. The largest absolute Gasteiger partial charge is 0.367 e. The molecule has 0 spiro atoms. The molecule has 0 aromatic heterocycles. The van der Waals surface area contributed by atoms with Crippen LogP contribution in [0.25, 0.3) is 0 Å². The van der Waals surface area contributed by atoms with Crippen molar-refractivity contribution in [3.05, 3.63) is 59.7 Å². The van der Waals surface area contributed by atoms with Crippen LogP contribution >= 0.6 is 0 Å². The van der Waals surface area contributed by atoms with Gasteiger partial charge < -0.3 is 9.80 Å². The van der Waals surface area contributed by atoms with Crippen molar-refractivity contribution in [3.8, 4) is 0 Å². The molecule has 4 heteroatoms. The molecule has 0 amide bonds. The van der Waals surface area contributed by atoms with Crippen LogP contribution in [0.3, 0.4) is 0 Å². The van der Waals surface area contributed by atoms with Crippen LogP contribution in [0.4, 0.5) is 11.4 Å². The first-order valence-electron chi connectivity index (χ1n) is 11.2. The number of rotatable bonds is 13. The third-order valence-electron chi connectivity index (χ3n) is 5.91. The third kappa shape index (κ3) is 6.19. The van der Waals surface area contributed by atoms with Crippen LogP contribution in [0.15, 0.2) is 48.5 Å². The van der Waals surface area contributed by atoms with Gasteiger partial charge in [0.05, 0.1) is 0 Å². The molecule has 0 saturated heterocycles. The molecule has 0 aliphatic rings. The second-order valence-electron chi connectivity index (χ2n) is 7.99. The highest BCUT2D eigenvalue weighted by Gasteiger charge is 2.25. The number of hydrogen-bond acceptors (Lipinski definition) is 4. The number of carbonyl (C=O) groups is 2. The fraction of sp³-hybridized carbons (Fsp3) is 0.462. The second-order valence-corrected chi connectivity index (χ2v) is 7.99. The third-order valence-corrected chi connectivity index (χ3v) is 5.91. The van der Waals surface area contributed by atoms with E-state index >= 15 is 0 Å². The fourth-order valence-corrected chi connectivity index (χ4v) is 3.80. The molecule has 2 rings (SSSR count). The van der Waals surface area contributed by atoms with Crippen molar-refractivity contribution in [2.24, 2.45) is 0 Å². The maximum atomic E-state index is 11.1. The summed E-state index contributed by atoms with van der Waals surface area (Å²) in [5.74, 6) is 0. The lowest BCUT2D eigenvalue weighted by Crippen LogP contribution is -2.50. The molecule has 0 aliphatic carbocycles. The zero-order chi connectivity index (χ0) is 21.9. The molecule has 0 saturated carbocycles. The maximum Gasteiger partial charge on any atom is 0.150 e. The minimum atomic E-state index is 0.279. The Hall–Kier alpha value is -2.62. The zero-order valence-electron chi connectivity index (χ0n) is 18.9. The van der Waals surface area contributed by atoms with Gasteiger partial charge in [-0.05, 0) is 75.2 Å². The quantitative estimate of drug-likeness (QED) is 0.381. The number of nitrogens with zero attached hydrogens (tertiary/aromatic N) is 2. The Morgan fingerprint density at radius 1 is 0.667 bits per heavy atom. The van der Waals surface area contributed by atoms with Gasteiger partial charge in [-0.15, -0.1) is 0 Å². The van der Waals surface area contributed by atoms with E-state index in [9.17, 15) is 9.59 Å². The van der Waals surface area contributed by atoms with Crippen LogP contribution in [0, 0.1) is 0 Å². The first-order valence-corrected chi connectivity index (χ1v) is 11.2. The van der Waals surface area contributed by atoms with E-state index in [-0.39, 0.29) is 12.1 Å². The van der Waals surface area contributed by atoms with E-state index in [1.165, 1.54) is 0 Å². The van der Waals surface area contributed by atoms with E-state index in [0.717, 1.165) is 62.7 Å². The number of carbonyl (C=O) groups excluding carboxylic acids is 2. The van der Waals surface area contributed by atoms with Gasteiger partial charge in [-0.1, -0.05) is 26.7 Å². The summed E-state index contributed by atoms with van der Waals surface area (Å²) in [7, 11) is 0. The van der Waals surface area contributed by atoms with E-state index in [0.29, 0.717) is 11.1 Å². The topological polar surface area (TPSA) is 40.6 Å². The lowest BCUT2D eigenvalue weighted by Gasteiger charge is -2.41. The van der Waals surface area contributed by atoms with Gasteiger partial charge in [0.2, 0.25) is 0 Å². The van der Waals surface area contributed by atoms with Gasteiger partial charge >= 0.3 is 0 Å². The van der Waals surface area contributed by atoms with Gasteiger partial charge in [-0.3, -0.25) is 9.59 Å². The van der Waals surface area contributed by atoms with Gasteiger partial charge in [-0.25, -0.2) is 0 Å². The molecule has 0 heterocycles. The number of benzene rings is 2. The minimum Gasteiger partial charge on any atom is -0.367 e. The zero-order valence-corrected chi connectivity index (χ0v) is 18.9. The first kappa shape index (κ1) is 23.7. The molecule has 2 aromatic rings. The Balaban J connectivity index is 2.31. The SMILES string of the molecule is CCCCN(c1ccc(C=O)cc1)C(C)C(C)N(CCCC)c1ccc(C=O)cc1. The van der Waals surface area contributed by atoms with E-state index in [4.69, 9.17) is 0 Å². The molecule has 162 valence electrons. The van der Waals surface area contributed by atoms with Crippen LogP contribution < -0.4 is 9.80 Å². The van der Waals surface area contributed by atoms with Gasteiger partial charge in [0.15, 0.2) is 0 Å². The average molecular weight is 409 g/mol. The number of aldehydes is 2. The normalized spacial score (nSPS) is 12.8. The van der Waals surface area contributed by atoms with Gasteiger partial charge in [0, 0.05) is 47.7 Å². The predicted molar refractivity (Wildman–Crippen MR) is 127 cm³/mol. The van der Waals surface area contributed by atoms with Gasteiger partial charge in [0.1, 0.15) is 12.6 Å². The lowest BCUT2D eigenvalue weighted by molar-refractivity contribution is 0.111. The number of hydrogen-bond donors (Lipinski definition) is 0. The molecule has 4 nitrogen and oxygen atoms in total. The molecule has 0 N–H and O–H groups in total. The molecule has 2 aromatic carbocycles. The minimum absolute atomic E-state index is 0.279. The fourth-order valence-electron chi connectivity index (χ4n) is 3.80. The highest BCUT2D eigenvalue weighted by Crippen LogP contribution is 2.26. The van der Waals surface area contributed by atoms with Crippen LogP contribution in [0.1, 0.15) is 74.1 Å². The molecule has 0 bridgehead atoms. The standard InChI is InChI=1S/C26H36N2O2/c1-5-7-17-27(25-13-9-23(19-29)10-14-25)21(3)22(4)28(18-8-6-2)26-15-11-24(20-30)12-16-26/h9-16,19-22H,5-8,17-18H2,1-4H3. The molecular weight excluding hydrogens is 372 g/mol. The molecule has 0 radical (unpaired) electrons. The Morgan fingerprint density at radius 2 is 1.00 bits per heavy atom. The van der Waals surface area contributed by atoms with Crippen LogP contribution in [-0.4, -0.2) is 37.7 Å². The van der Waals surface area contributed by atoms with E-state index in [1.54, 1.807) is 0 Å². The first-order chi connectivity index (χ1) is 14.5. The summed E-state index contributed by atoms with van der Waals surface area (Å²) in [5.41, 5.74) is 3.71. The van der Waals surface area contributed by atoms with E-state index in [2.05, 4.69) is 61.8 Å².